The molecule has 0 unspecified atom stereocenters. The maximum atomic E-state index is 12.5. The zero-order valence-corrected chi connectivity index (χ0v) is 15.6. The van der Waals surface area contributed by atoms with Crippen LogP contribution >= 0.6 is 0 Å². The highest BCUT2D eigenvalue weighted by molar-refractivity contribution is 6.09. The van der Waals surface area contributed by atoms with Gasteiger partial charge in [0, 0.05) is 18.7 Å². The normalized spacial score (nSPS) is 13.8. The third-order valence-electron chi connectivity index (χ3n) is 4.65. The van der Waals surface area contributed by atoms with Gasteiger partial charge in [0.05, 0.1) is 19.8 Å². The fourth-order valence-corrected chi connectivity index (χ4v) is 3.11. The monoisotopic (exact) mass is 365 g/mol. The van der Waals surface area contributed by atoms with Gasteiger partial charge in [-0.3, -0.25) is 9.59 Å². The number of allylic oxidation sites excluding steroid dienone is 1. The lowest BCUT2D eigenvalue weighted by molar-refractivity contribution is 0.0792. The first-order valence-corrected chi connectivity index (χ1v) is 8.96. The van der Waals surface area contributed by atoms with E-state index in [4.69, 9.17) is 9.47 Å². The highest BCUT2D eigenvalue weighted by atomic mass is 16.5. The van der Waals surface area contributed by atoms with Crippen molar-refractivity contribution in [3.8, 4) is 11.5 Å². The summed E-state index contributed by atoms with van der Waals surface area (Å²) in [6.45, 7) is 1.66. The minimum Gasteiger partial charge on any atom is -0.497 e. The Kier molecular flexibility index (Phi) is 5.91. The molecule has 5 heteroatoms. The lowest BCUT2D eigenvalue weighted by Crippen LogP contribution is -2.27. The van der Waals surface area contributed by atoms with Crippen molar-refractivity contribution in [2.75, 3.05) is 27.3 Å². The lowest BCUT2D eigenvalue weighted by atomic mass is 10.1. The van der Waals surface area contributed by atoms with E-state index in [9.17, 15) is 9.59 Å². The van der Waals surface area contributed by atoms with E-state index in [0.717, 1.165) is 31.5 Å². The number of benzene rings is 2. The Hall–Kier alpha value is -3.08. The summed E-state index contributed by atoms with van der Waals surface area (Å²) in [5.74, 6) is 0.984. The molecule has 0 saturated carbocycles. The second kappa shape index (κ2) is 8.54. The highest BCUT2D eigenvalue weighted by Gasteiger charge is 2.19. The van der Waals surface area contributed by atoms with Crippen LogP contribution in [0.3, 0.4) is 0 Å². The van der Waals surface area contributed by atoms with Gasteiger partial charge in [0.2, 0.25) is 0 Å². The molecule has 0 atom stereocenters. The molecule has 0 aromatic heterocycles. The van der Waals surface area contributed by atoms with Gasteiger partial charge < -0.3 is 14.4 Å². The highest BCUT2D eigenvalue weighted by Crippen LogP contribution is 2.25. The number of carbonyl (C=O) groups excluding carboxylic acids is 2. The minimum atomic E-state index is -0.178. The molecule has 0 radical (unpaired) electrons. The third kappa shape index (κ3) is 4.37. The molecule has 1 amide bonds. The van der Waals surface area contributed by atoms with Crippen molar-refractivity contribution < 1.29 is 19.1 Å². The number of amides is 1. The van der Waals surface area contributed by atoms with Gasteiger partial charge in [-0.2, -0.15) is 0 Å². The average molecular weight is 365 g/mol. The molecule has 0 aliphatic carbocycles. The molecular formula is C22H23NO4. The van der Waals surface area contributed by atoms with Crippen molar-refractivity contribution in [3.63, 3.8) is 0 Å². The lowest BCUT2D eigenvalue weighted by Gasteiger charge is -2.15. The SMILES string of the molecule is COc1ccc(OC)c(C(=O)/C=C/c2ccc(C(=O)N3CCCC3)cc2)c1. The van der Waals surface area contributed by atoms with Crippen LogP contribution in [0, 0.1) is 0 Å². The molecule has 3 rings (SSSR count). The molecule has 2 aromatic carbocycles. The fourth-order valence-electron chi connectivity index (χ4n) is 3.11. The third-order valence-corrected chi connectivity index (χ3v) is 4.65. The van der Waals surface area contributed by atoms with Crippen LogP contribution in [0.15, 0.2) is 48.5 Å². The van der Waals surface area contributed by atoms with Crippen molar-refractivity contribution in [3.05, 3.63) is 65.2 Å². The molecule has 1 aliphatic rings. The van der Waals surface area contributed by atoms with Crippen LogP contribution in [-0.4, -0.2) is 43.9 Å². The van der Waals surface area contributed by atoms with Crippen molar-refractivity contribution in [2.24, 2.45) is 0 Å². The smallest absolute Gasteiger partial charge is 0.253 e. The Bertz CT molecular complexity index is 849. The number of hydrogen-bond acceptors (Lipinski definition) is 4. The molecule has 5 nitrogen and oxygen atoms in total. The van der Waals surface area contributed by atoms with Gasteiger partial charge in [-0.1, -0.05) is 18.2 Å². The summed E-state index contributed by atoms with van der Waals surface area (Å²) in [5.41, 5.74) is 1.96. The number of ketones is 1. The van der Waals surface area contributed by atoms with Crippen molar-refractivity contribution >= 4 is 17.8 Å². The maximum Gasteiger partial charge on any atom is 0.253 e. The molecule has 1 aliphatic heterocycles. The quantitative estimate of drug-likeness (QED) is 0.577. The first kappa shape index (κ1) is 18.7. The number of likely N-dealkylation sites (tertiary alicyclic amines) is 1. The molecule has 1 heterocycles. The largest absolute Gasteiger partial charge is 0.497 e. The van der Waals surface area contributed by atoms with Crippen molar-refractivity contribution in [1.29, 1.82) is 0 Å². The van der Waals surface area contributed by atoms with Crippen LogP contribution in [0.1, 0.15) is 39.1 Å². The predicted octanol–water partition coefficient (Wildman–Crippen LogP) is 3.84. The van der Waals surface area contributed by atoms with Crippen molar-refractivity contribution in [2.45, 2.75) is 12.8 Å². The Morgan fingerprint density at radius 1 is 0.963 bits per heavy atom. The first-order chi connectivity index (χ1) is 13.1. The van der Waals surface area contributed by atoms with Crippen LogP contribution in [0.4, 0.5) is 0 Å². The van der Waals surface area contributed by atoms with E-state index in [-0.39, 0.29) is 11.7 Å². The summed E-state index contributed by atoms with van der Waals surface area (Å²) in [5, 5.41) is 0. The second-order valence-corrected chi connectivity index (χ2v) is 6.39. The molecule has 140 valence electrons. The zero-order chi connectivity index (χ0) is 19.2. The maximum absolute atomic E-state index is 12.5. The van der Waals surface area contributed by atoms with E-state index in [0.29, 0.717) is 22.6 Å². The molecule has 0 spiro atoms. The Balaban J connectivity index is 1.72. The minimum absolute atomic E-state index is 0.0697. The van der Waals surface area contributed by atoms with Gasteiger partial charge in [-0.25, -0.2) is 0 Å². The summed E-state index contributed by atoms with van der Waals surface area (Å²) in [6, 6.07) is 12.4. The fraction of sp³-hybridized carbons (Fsp3) is 0.273. The van der Waals surface area contributed by atoms with E-state index in [2.05, 4.69) is 0 Å². The van der Waals surface area contributed by atoms with Crippen LogP contribution in [0.5, 0.6) is 11.5 Å². The van der Waals surface area contributed by atoms with E-state index in [1.54, 1.807) is 43.5 Å². The Morgan fingerprint density at radius 2 is 1.67 bits per heavy atom. The first-order valence-electron chi connectivity index (χ1n) is 8.96. The standard InChI is InChI=1S/C22H23NO4/c1-26-18-10-12-21(27-2)19(15-18)20(24)11-7-16-5-8-17(9-6-16)22(25)23-13-3-4-14-23/h5-12,15H,3-4,13-14H2,1-2H3/b11-7+. The van der Waals surface area contributed by atoms with Crippen LogP contribution in [0.2, 0.25) is 0 Å². The van der Waals surface area contributed by atoms with Gasteiger partial charge in [0.25, 0.3) is 5.91 Å². The van der Waals surface area contributed by atoms with Crippen LogP contribution in [-0.2, 0) is 0 Å². The number of nitrogens with zero attached hydrogens (tertiary/aromatic N) is 1. The van der Waals surface area contributed by atoms with E-state index >= 15 is 0 Å². The molecule has 0 bridgehead atoms. The molecule has 0 N–H and O–H groups in total. The molecule has 2 aromatic rings. The zero-order valence-electron chi connectivity index (χ0n) is 15.6. The molecule has 1 saturated heterocycles. The summed E-state index contributed by atoms with van der Waals surface area (Å²) < 4.78 is 10.4. The molecule has 1 fully saturated rings. The topological polar surface area (TPSA) is 55.8 Å². The Labute approximate surface area is 159 Å². The number of carbonyl (C=O) groups is 2. The van der Waals surface area contributed by atoms with E-state index in [1.165, 1.54) is 13.2 Å². The van der Waals surface area contributed by atoms with Crippen LogP contribution < -0.4 is 9.47 Å². The van der Waals surface area contributed by atoms with Gasteiger partial charge in [0.1, 0.15) is 11.5 Å². The average Bonchev–Trinajstić information content (AvgIpc) is 3.26. The van der Waals surface area contributed by atoms with E-state index < -0.39 is 0 Å². The van der Waals surface area contributed by atoms with Gasteiger partial charge >= 0.3 is 0 Å². The number of hydrogen-bond donors (Lipinski definition) is 0. The number of methoxy groups -OCH3 is 2. The Morgan fingerprint density at radius 3 is 2.30 bits per heavy atom. The van der Waals surface area contributed by atoms with Gasteiger partial charge in [-0.05, 0) is 54.8 Å². The summed E-state index contributed by atoms with van der Waals surface area (Å²) >= 11 is 0. The number of rotatable bonds is 6. The summed E-state index contributed by atoms with van der Waals surface area (Å²) in [7, 11) is 3.08. The van der Waals surface area contributed by atoms with E-state index in [1.807, 2.05) is 17.0 Å². The predicted molar refractivity (Wildman–Crippen MR) is 104 cm³/mol. The molecular weight excluding hydrogens is 342 g/mol. The number of ether oxygens (including phenoxy) is 2. The second-order valence-electron chi connectivity index (χ2n) is 6.39. The van der Waals surface area contributed by atoms with Crippen molar-refractivity contribution in [1.82, 2.24) is 4.90 Å². The molecule has 27 heavy (non-hydrogen) atoms. The summed E-state index contributed by atoms with van der Waals surface area (Å²) in [6.07, 6.45) is 5.37. The van der Waals surface area contributed by atoms with Gasteiger partial charge in [-0.15, -0.1) is 0 Å². The van der Waals surface area contributed by atoms with Gasteiger partial charge in [0.15, 0.2) is 5.78 Å². The van der Waals surface area contributed by atoms with Crippen LogP contribution in [0.25, 0.3) is 6.08 Å². The summed E-state index contributed by atoms with van der Waals surface area (Å²) in [4.78, 5) is 26.8.